The van der Waals surface area contributed by atoms with Gasteiger partial charge in [0.15, 0.2) is 0 Å². The van der Waals surface area contributed by atoms with Crippen LogP contribution in [0.5, 0.6) is 0 Å². The van der Waals surface area contributed by atoms with Crippen LogP contribution in [0.2, 0.25) is 0 Å². The van der Waals surface area contributed by atoms with Crippen molar-refractivity contribution >= 4 is 22.6 Å². The van der Waals surface area contributed by atoms with Crippen molar-refractivity contribution in [1.29, 1.82) is 0 Å². The van der Waals surface area contributed by atoms with Gasteiger partial charge in [0.2, 0.25) is 0 Å². The van der Waals surface area contributed by atoms with Crippen LogP contribution in [-0.2, 0) is 9.53 Å². The summed E-state index contributed by atoms with van der Waals surface area (Å²) in [7, 11) is 1.42. The van der Waals surface area contributed by atoms with Crippen molar-refractivity contribution in [3.63, 3.8) is 0 Å². The van der Waals surface area contributed by atoms with Crippen molar-refractivity contribution in [2.45, 2.75) is 13.8 Å². The van der Waals surface area contributed by atoms with Crippen LogP contribution in [-0.4, -0.2) is 19.6 Å². The molecule has 1 heterocycles. The number of rotatable bonds is 5. The summed E-state index contributed by atoms with van der Waals surface area (Å²) in [5.74, 6) is -0.132. The third-order valence-corrected chi connectivity index (χ3v) is 3.30. The maximum absolute atomic E-state index is 11.7. The van der Waals surface area contributed by atoms with Crippen molar-refractivity contribution in [2.75, 3.05) is 19.0 Å². The van der Waals surface area contributed by atoms with Gasteiger partial charge in [0.25, 0.3) is 0 Å². The fourth-order valence-electron chi connectivity index (χ4n) is 2.08. The second-order valence-corrected chi connectivity index (χ2v) is 4.90. The summed E-state index contributed by atoms with van der Waals surface area (Å²) in [5, 5.41) is 4.29. The van der Waals surface area contributed by atoms with Crippen molar-refractivity contribution in [2.24, 2.45) is 11.8 Å². The van der Waals surface area contributed by atoms with Gasteiger partial charge in [-0.3, -0.25) is 4.79 Å². The molecule has 0 amide bonds. The summed E-state index contributed by atoms with van der Waals surface area (Å²) in [6.07, 6.45) is 1.68. The Hall–Kier alpha value is -1.97. The zero-order valence-electron chi connectivity index (χ0n) is 11.5. The van der Waals surface area contributed by atoms with Gasteiger partial charge in [-0.25, -0.2) is 0 Å². The molecule has 0 saturated heterocycles. The first kappa shape index (κ1) is 13.5. The van der Waals surface area contributed by atoms with E-state index in [2.05, 4.69) is 5.32 Å². The minimum atomic E-state index is -0.185. The Labute approximate surface area is 112 Å². The summed E-state index contributed by atoms with van der Waals surface area (Å²) in [4.78, 5) is 11.7. The molecule has 0 saturated carbocycles. The highest BCUT2D eigenvalue weighted by atomic mass is 16.5. The van der Waals surface area contributed by atoms with Crippen LogP contribution in [0.1, 0.15) is 13.8 Å². The van der Waals surface area contributed by atoms with E-state index in [9.17, 15) is 4.79 Å². The molecule has 0 radical (unpaired) electrons. The normalized spacial score (nSPS) is 12.6. The Balaban J connectivity index is 2.11. The molecule has 0 fully saturated rings. The highest BCUT2D eigenvalue weighted by molar-refractivity contribution is 5.90. The molecular formula is C15H19NO3. The topological polar surface area (TPSA) is 51.5 Å². The molecule has 0 aliphatic heterocycles. The Bertz CT molecular complexity index is 559. The first-order valence-electron chi connectivity index (χ1n) is 6.41. The average molecular weight is 261 g/mol. The lowest BCUT2D eigenvalue weighted by Crippen LogP contribution is -2.28. The van der Waals surface area contributed by atoms with Gasteiger partial charge in [-0.2, -0.15) is 0 Å². The third-order valence-electron chi connectivity index (χ3n) is 3.30. The first-order valence-corrected chi connectivity index (χ1v) is 6.41. The molecule has 1 atom stereocenters. The smallest absolute Gasteiger partial charge is 0.310 e. The van der Waals surface area contributed by atoms with E-state index in [1.165, 1.54) is 7.11 Å². The minimum Gasteiger partial charge on any atom is -0.469 e. The first-order chi connectivity index (χ1) is 9.13. The number of nitrogens with one attached hydrogen (secondary N) is 1. The lowest BCUT2D eigenvalue weighted by Gasteiger charge is -2.18. The summed E-state index contributed by atoms with van der Waals surface area (Å²) >= 11 is 0. The van der Waals surface area contributed by atoms with Crippen molar-refractivity contribution in [3.8, 4) is 0 Å². The monoisotopic (exact) mass is 261 g/mol. The van der Waals surface area contributed by atoms with E-state index in [1.807, 2.05) is 38.1 Å². The largest absolute Gasteiger partial charge is 0.469 e. The van der Waals surface area contributed by atoms with E-state index in [0.29, 0.717) is 6.54 Å². The quantitative estimate of drug-likeness (QED) is 0.839. The summed E-state index contributed by atoms with van der Waals surface area (Å²) < 4.78 is 10.3. The lowest BCUT2D eigenvalue weighted by molar-refractivity contribution is -0.146. The van der Waals surface area contributed by atoms with Crippen molar-refractivity contribution < 1.29 is 13.9 Å². The van der Waals surface area contributed by atoms with E-state index in [0.717, 1.165) is 16.7 Å². The molecular weight excluding hydrogens is 242 g/mol. The van der Waals surface area contributed by atoms with Crippen LogP contribution in [0.4, 0.5) is 5.69 Å². The average Bonchev–Trinajstić information content (AvgIpc) is 2.82. The Kier molecular flexibility index (Phi) is 4.10. The second kappa shape index (κ2) is 5.78. The Morgan fingerprint density at radius 2 is 2.11 bits per heavy atom. The molecule has 102 valence electrons. The SMILES string of the molecule is COC(=O)C(CNc1coc2ccccc12)C(C)C. The van der Waals surface area contributed by atoms with Crippen LogP contribution in [0.3, 0.4) is 0 Å². The number of esters is 1. The van der Waals surface area contributed by atoms with Gasteiger partial charge >= 0.3 is 5.97 Å². The number of hydrogen-bond donors (Lipinski definition) is 1. The Morgan fingerprint density at radius 3 is 2.79 bits per heavy atom. The molecule has 4 heteroatoms. The van der Waals surface area contributed by atoms with Gasteiger partial charge in [-0.05, 0) is 18.1 Å². The lowest BCUT2D eigenvalue weighted by atomic mass is 9.96. The van der Waals surface area contributed by atoms with E-state index in [-0.39, 0.29) is 17.8 Å². The number of carbonyl (C=O) groups is 1. The summed E-state index contributed by atoms with van der Waals surface area (Å²) in [6.45, 7) is 4.56. The molecule has 4 nitrogen and oxygen atoms in total. The van der Waals surface area contributed by atoms with E-state index >= 15 is 0 Å². The van der Waals surface area contributed by atoms with Gasteiger partial charge in [0.1, 0.15) is 11.8 Å². The van der Waals surface area contributed by atoms with Crippen LogP contribution in [0, 0.1) is 11.8 Å². The van der Waals surface area contributed by atoms with E-state index in [1.54, 1.807) is 6.26 Å². The van der Waals surface area contributed by atoms with Gasteiger partial charge < -0.3 is 14.5 Å². The van der Waals surface area contributed by atoms with Crippen molar-refractivity contribution in [3.05, 3.63) is 30.5 Å². The molecule has 0 bridgehead atoms. The van der Waals surface area contributed by atoms with Crippen molar-refractivity contribution in [1.82, 2.24) is 0 Å². The Morgan fingerprint density at radius 1 is 1.37 bits per heavy atom. The van der Waals surface area contributed by atoms with Crippen LogP contribution < -0.4 is 5.32 Å². The fourth-order valence-corrected chi connectivity index (χ4v) is 2.08. The summed E-state index contributed by atoms with van der Waals surface area (Å²) in [6, 6.07) is 7.80. The molecule has 1 aromatic carbocycles. The molecule has 19 heavy (non-hydrogen) atoms. The molecule has 0 spiro atoms. The molecule has 2 aromatic rings. The van der Waals surface area contributed by atoms with Gasteiger partial charge in [-0.1, -0.05) is 26.0 Å². The highest BCUT2D eigenvalue weighted by Crippen LogP contribution is 2.26. The van der Waals surface area contributed by atoms with Crippen LogP contribution >= 0.6 is 0 Å². The maximum atomic E-state index is 11.7. The highest BCUT2D eigenvalue weighted by Gasteiger charge is 2.23. The number of anilines is 1. The molecule has 2 rings (SSSR count). The zero-order chi connectivity index (χ0) is 13.8. The minimum absolute atomic E-state index is 0.168. The maximum Gasteiger partial charge on any atom is 0.310 e. The zero-order valence-corrected chi connectivity index (χ0v) is 11.5. The number of fused-ring (bicyclic) bond motifs is 1. The van der Waals surface area contributed by atoms with Crippen LogP contribution in [0.15, 0.2) is 34.9 Å². The number of furan rings is 1. The molecule has 1 aromatic heterocycles. The van der Waals surface area contributed by atoms with Gasteiger partial charge in [-0.15, -0.1) is 0 Å². The number of ether oxygens (including phenoxy) is 1. The number of carbonyl (C=O) groups excluding carboxylic acids is 1. The standard InChI is InChI=1S/C15H19NO3/c1-10(2)12(15(17)18-3)8-16-13-9-19-14-7-5-4-6-11(13)14/h4-7,9-10,12,16H,8H2,1-3H3. The molecule has 1 N–H and O–H groups in total. The molecule has 0 aliphatic rings. The van der Waals surface area contributed by atoms with E-state index in [4.69, 9.17) is 9.15 Å². The number of para-hydroxylation sites is 1. The predicted molar refractivity (Wildman–Crippen MR) is 75.0 cm³/mol. The second-order valence-electron chi connectivity index (χ2n) is 4.90. The van der Waals surface area contributed by atoms with Crippen LogP contribution in [0.25, 0.3) is 11.0 Å². The number of benzene rings is 1. The predicted octanol–water partition coefficient (Wildman–Crippen LogP) is 3.29. The number of hydrogen-bond acceptors (Lipinski definition) is 4. The molecule has 0 aliphatic carbocycles. The number of methoxy groups -OCH3 is 1. The van der Waals surface area contributed by atoms with Gasteiger partial charge in [0.05, 0.1) is 18.7 Å². The molecule has 1 unspecified atom stereocenters. The third kappa shape index (κ3) is 2.89. The van der Waals surface area contributed by atoms with E-state index < -0.39 is 0 Å². The van der Waals surface area contributed by atoms with Gasteiger partial charge in [0, 0.05) is 11.9 Å². The fraction of sp³-hybridized carbons (Fsp3) is 0.400. The summed E-state index contributed by atoms with van der Waals surface area (Å²) in [5.41, 5.74) is 1.74.